The first-order valence-electron chi connectivity index (χ1n) is 9.17. The molecule has 0 N–H and O–H groups in total. The molecule has 2 heterocycles. The second-order valence-electron chi connectivity index (χ2n) is 7.49. The minimum atomic E-state index is -0.292. The summed E-state index contributed by atoms with van der Waals surface area (Å²) in [5, 5.41) is 1.35. The van der Waals surface area contributed by atoms with Crippen molar-refractivity contribution in [2.24, 2.45) is 7.05 Å². The van der Waals surface area contributed by atoms with E-state index in [4.69, 9.17) is 0 Å². The van der Waals surface area contributed by atoms with E-state index in [-0.39, 0.29) is 11.2 Å². The molecule has 3 aromatic carbocycles. The normalized spacial score (nSPS) is 13.1. The van der Waals surface area contributed by atoms with Crippen LogP contribution >= 0.6 is 0 Å². The summed E-state index contributed by atoms with van der Waals surface area (Å²) in [6.07, 6.45) is 0. The standard InChI is InChI=1S/C24H19FN2O/c1-13-5-7-17-20(9-13)26(3)23-11-18-14(2)16-8-6-15(25)10-21(16)27(4)22(18)12-19(23)24(17)28/h5-12H,2H2,1,3-4H3. The zero-order valence-electron chi connectivity index (χ0n) is 16.0. The molecular formula is C24H19FN2O. The molecule has 3 nitrogen and oxygen atoms in total. The summed E-state index contributed by atoms with van der Waals surface area (Å²) in [7, 11) is 3.87. The molecule has 4 aromatic rings. The van der Waals surface area contributed by atoms with Crippen LogP contribution in [0.3, 0.4) is 0 Å². The molecule has 5 rings (SSSR count). The molecule has 0 saturated heterocycles. The number of rotatable bonds is 0. The Hall–Kier alpha value is -3.40. The number of aromatic nitrogens is 1. The van der Waals surface area contributed by atoms with Crippen molar-refractivity contribution in [2.45, 2.75) is 6.92 Å². The van der Waals surface area contributed by atoms with Crippen LogP contribution in [0.4, 0.5) is 15.8 Å². The Kier molecular flexibility index (Phi) is 3.32. The highest BCUT2D eigenvalue weighted by Crippen LogP contribution is 2.44. The summed E-state index contributed by atoms with van der Waals surface area (Å²) >= 11 is 0. The third-order valence-corrected chi connectivity index (χ3v) is 5.81. The topological polar surface area (TPSA) is 25.2 Å². The fourth-order valence-corrected chi connectivity index (χ4v) is 4.25. The van der Waals surface area contributed by atoms with Crippen molar-refractivity contribution in [1.82, 2.24) is 4.57 Å². The number of benzene rings is 3. The van der Waals surface area contributed by atoms with E-state index in [1.54, 1.807) is 6.07 Å². The molecule has 0 atom stereocenters. The van der Waals surface area contributed by atoms with Crippen molar-refractivity contribution in [3.05, 3.63) is 87.8 Å². The van der Waals surface area contributed by atoms with E-state index in [1.807, 2.05) is 56.3 Å². The molecule has 1 aromatic heterocycles. The van der Waals surface area contributed by atoms with E-state index in [0.29, 0.717) is 10.8 Å². The first-order chi connectivity index (χ1) is 13.4. The molecule has 0 unspecified atom stereocenters. The molecule has 0 amide bonds. The van der Waals surface area contributed by atoms with Gasteiger partial charge in [-0.15, -0.1) is 0 Å². The maximum Gasteiger partial charge on any atom is 0.197 e. The lowest BCUT2D eigenvalue weighted by Crippen LogP contribution is -2.19. The molecule has 0 radical (unpaired) electrons. The number of fused-ring (bicyclic) bond motifs is 4. The lowest BCUT2D eigenvalue weighted by Gasteiger charge is -2.32. The van der Waals surface area contributed by atoms with E-state index >= 15 is 0 Å². The highest BCUT2D eigenvalue weighted by atomic mass is 19.1. The SMILES string of the molecule is C=C1c2ccc(F)cc2N(C)c2cc3c(=O)c4ccc(C)cc4n(C)c3cc21. The van der Waals surface area contributed by atoms with Gasteiger partial charge in [-0.2, -0.15) is 0 Å². The Morgan fingerprint density at radius 1 is 0.857 bits per heavy atom. The third-order valence-electron chi connectivity index (χ3n) is 5.81. The number of pyridine rings is 1. The Labute approximate surface area is 161 Å². The van der Waals surface area contributed by atoms with Crippen LogP contribution < -0.4 is 10.3 Å². The molecule has 1 aliphatic rings. The first-order valence-corrected chi connectivity index (χ1v) is 9.17. The fourth-order valence-electron chi connectivity index (χ4n) is 4.25. The van der Waals surface area contributed by atoms with Crippen LogP contribution in [0.1, 0.15) is 16.7 Å². The molecule has 0 aliphatic carbocycles. The smallest absolute Gasteiger partial charge is 0.197 e. The van der Waals surface area contributed by atoms with Gasteiger partial charge < -0.3 is 9.47 Å². The van der Waals surface area contributed by atoms with Crippen molar-refractivity contribution in [3.63, 3.8) is 0 Å². The van der Waals surface area contributed by atoms with Crippen LogP contribution in [0.15, 0.2) is 59.9 Å². The van der Waals surface area contributed by atoms with Crippen molar-refractivity contribution in [1.29, 1.82) is 0 Å². The summed E-state index contributed by atoms with van der Waals surface area (Å²) in [5.41, 5.74) is 7.20. The second-order valence-corrected chi connectivity index (χ2v) is 7.49. The summed E-state index contributed by atoms with van der Waals surface area (Å²) in [4.78, 5) is 15.1. The van der Waals surface area contributed by atoms with Crippen LogP contribution in [0, 0.1) is 12.7 Å². The van der Waals surface area contributed by atoms with E-state index in [1.165, 1.54) is 12.1 Å². The van der Waals surface area contributed by atoms with Crippen LogP contribution in [0.2, 0.25) is 0 Å². The summed E-state index contributed by atoms with van der Waals surface area (Å²) in [5.74, 6) is -0.292. The first kappa shape index (κ1) is 16.8. The van der Waals surface area contributed by atoms with Gasteiger partial charge in [0.2, 0.25) is 0 Å². The van der Waals surface area contributed by atoms with Gasteiger partial charge in [0.1, 0.15) is 5.82 Å². The van der Waals surface area contributed by atoms with Crippen LogP contribution in [-0.4, -0.2) is 11.6 Å². The molecule has 0 bridgehead atoms. The van der Waals surface area contributed by atoms with Crippen LogP contribution in [-0.2, 0) is 7.05 Å². The lowest BCUT2D eigenvalue weighted by atomic mass is 9.90. The van der Waals surface area contributed by atoms with Gasteiger partial charge in [0, 0.05) is 41.7 Å². The molecule has 0 saturated carbocycles. The quantitative estimate of drug-likeness (QED) is 0.393. The monoisotopic (exact) mass is 370 g/mol. The maximum absolute atomic E-state index is 13.8. The number of aryl methyl sites for hydroxylation is 2. The van der Waals surface area contributed by atoms with Gasteiger partial charge in [-0.05, 0) is 60.5 Å². The molecule has 4 heteroatoms. The molecular weight excluding hydrogens is 351 g/mol. The molecule has 0 fully saturated rings. The molecule has 28 heavy (non-hydrogen) atoms. The van der Waals surface area contributed by atoms with Crippen molar-refractivity contribution >= 4 is 38.8 Å². The summed E-state index contributed by atoms with van der Waals surface area (Å²) < 4.78 is 15.9. The zero-order chi connectivity index (χ0) is 19.7. The average molecular weight is 370 g/mol. The van der Waals surface area contributed by atoms with Gasteiger partial charge in [0.05, 0.1) is 16.7 Å². The van der Waals surface area contributed by atoms with Crippen molar-refractivity contribution in [2.75, 3.05) is 11.9 Å². The Morgan fingerprint density at radius 3 is 2.36 bits per heavy atom. The van der Waals surface area contributed by atoms with E-state index < -0.39 is 0 Å². The predicted octanol–water partition coefficient (Wildman–Crippen LogP) is 5.28. The summed E-state index contributed by atoms with van der Waals surface area (Å²) in [6.45, 7) is 6.28. The van der Waals surface area contributed by atoms with Gasteiger partial charge in [0.15, 0.2) is 5.43 Å². The average Bonchev–Trinajstić information content (AvgIpc) is 2.69. The molecule has 0 spiro atoms. The number of nitrogens with zero attached hydrogens (tertiary/aromatic N) is 2. The fraction of sp³-hybridized carbons (Fsp3) is 0.125. The van der Waals surface area contributed by atoms with E-state index in [9.17, 15) is 9.18 Å². The Bertz CT molecular complexity index is 1400. The van der Waals surface area contributed by atoms with Crippen LogP contribution in [0.5, 0.6) is 0 Å². The minimum absolute atomic E-state index is 0.00921. The largest absolute Gasteiger partial charge is 0.344 e. The molecule has 1 aliphatic heterocycles. The number of halogens is 1. The van der Waals surface area contributed by atoms with Gasteiger partial charge in [-0.3, -0.25) is 4.79 Å². The number of hydrogen-bond acceptors (Lipinski definition) is 2. The zero-order valence-corrected chi connectivity index (χ0v) is 16.0. The highest BCUT2D eigenvalue weighted by Gasteiger charge is 2.25. The minimum Gasteiger partial charge on any atom is -0.344 e. The number of hydrogen-bond donors (Lipinski definition) is 0. The van der Waals surface area contributed by atoms with E-state index in [2.05, 4.69) is 11.1 Å². The maximum atomic E-state index is 13.8. The summed E-state index contributed by atoms with van der Waals surface area (Å²) in [6, 6.07) is 14.5. The van der Waals surface area contributed by atoms with Gasteiger partial charge in [-0.25, -0.2) is 4.39 Å². The molecule has 138 valence electrons. The van der Waals surface area contributed by atoms with Gasteiger partial charge in [0.25, 0.3) is 0 Å². The Balaban J connectivity index is 1.90. The highest BCUT2D eigenvalue weighted by molar-refractivity contribution is 6.03. The third kappa shape index (κ3) is 2.12. The Morgan fingerprint density at radius 2 is 1.57 bits per heavy atom. The predicted molar refractivity (Wildman–Crippen MR) is 114 cm³/mol. The van der Waals surface area contributed by atoms with Gasteiger partial charge in [-0.1, -0.05) is 12.6 Å². The van der Waals surface area contributed by atoms with Crippen molar-refractivity contribution in [3.8, 4) is 0 Å². The lowest BCUT2D eigenvalue weighted by molar-refractivity contribution is 0.627. The number of anilines is 2. The van der Waals surface area contributed by atoms with Crippen molar-refractivity contribution < 1.29 is 4.39 Å². The second kappa shape index (κ2) is 5.55. The van der Waals surface area contributed by atoms with E-state index in [0.717, 1.165) is 44.7 Å². The van der Waals surface area contributed by atoms with Gasteiger partial charge >= 0.3 is 0 Å². The van der Waals surface area contributed by atoms with Crippen LogP contribution in [0.25, 0.3) is 27.4 Å².